The number of ether oxygens (including phenoxy) is 1. The second kappa shape index (κ2) is 4.58. The second-order valence-electron chi connectivity index (χ2n) is 4.60. The Morgan fingerprint density at radius 2 is 2.31 bits per heavy atom. The van der Waals surface area contributed by atoms with Crippen molar-refractivity contribution in [1.29, 1.82) is 0 Å². The van der Waals surface area contributed by atoms with Gasteiger partial charge in [-0.05, 0) is 33.5 Å². The molecule has 16 heavy (non-hydrogen) atoms. The topological polar surface area (TPSA) is 26.3 Å². The zero-order valence-electron chi connectivity index (χ0n) is 9.50. The summed E-state index contributed by atoms with van der Waals surface area (Å²) in [4.78, 5) is 11.9. The molecule has 1 aliphatic heterocycles. The van der Waals surface area contributed by atoms with Crippen molar-refractivity contribution in [3.05, 3.63) is 28.2 Å². The van der Waals surface area contributed by atoms with Crippen molar-refractivity contribution in [2.75, 3.05) is 0 Å². The summed E-state index contributed by atoms with van der Waals surface area (Å²) >= 11 is 3.44. The Morgan fingerprint density at radius 3 is 2.94 bits per heavy atom. The second-order valence-corrected chi connectivity index (χ2v) is 5.46. The van der Waals surface area contributed by atoms with Crippen LogP contribution in [0.25, 0.3) is 0 Å². The molecule has 0 aromatic heterocycles. The van der Waals surface area contributed by atoms with Gasteiger partial charge in [-0.25, -0.2) is 0 Å². The van der Waals surface area contributed by atoms with E-state index in [-0.39, 0.29) is 11.9 Å². The van der Waals surface area contributed by atoms with Gasteiger partial charge in [-0.15, -0.1) is 0 Å². The molecule has 0 saturated heterocycles. The van der Waals surface area contributed by atoms with Gasteiger partial charge in [-0.3, -0.25) is 4.79 Å². The molecule has 0 bridgehead atoms. The summed E-state index contributed by atoms with van der Waals surface area (Å²) in [5.41, 5.74) is 1.12. The Hall–Kier alpha value is -0.830. The number of para-hydroxylation sites is 1. The van der Waals surface area contributed by atoms with Crippen molar-refractivity contribution in [2.24, 2.45) is 5.92 Å². The number of Topliss-reactive ketones (excluding diaryl/α,β-unsaturated/α-hetero) is 1. The van der Waals surface area contributed by atoms with Crippen LogP contribution in [0.5, 0.6) is 5.75 Å². The molecule has 0 aliphatic carbocycles. The average Bonchev–Trinajstić information content (AvgIpc) is 2.61. The predicted molar refractivity (Wildman–Crippen MR) is 66.7 cm³/mol. The Bertz CT molecular complexity index is 412. The van der Waals surface area contributed by atoms with E-state index in [0.29, 0.717) is 18.8 Å². The Kier molecular flexibility index (Phi) is 3.33. The molecule has 1 atom stereocenters. The lowest BCUT2D eigenvalue weighted by molar-refractivity contribution is -0.125. The van der Waals surface area contributed by atoms with Crippen LogP contribution in [0.1, 0.15) is 25.8 Å². The summed E-state index contributed by atoms with van der Waals surface area (Å²) in [7, 11) is 0. The summed E-state index contributed by atoms with van der Waals surface area (Å²) in [6.07, 6.45) is 1.02. The maximum Gasteiger partial charge on any atom is 0.173 e. The normalized spacial score (nSPS) is 18.4. The first-order valence-corrected chi connectivity index (χ1v) is 6.34. The maximum absolute atomic E-state index is 11.9. The Labute approximate surface area is 104 Å². The molecular weight excluding hydrogens is 268 g/mol. The monoisotopic (exact) mass is 282 g/mol. The minimum atomic E-state index is -0.281. The number of ketones is 1. The van der Waals surface area contributed by atoms with E-state index < -0.39 is 0 Å². The van der Waals surface area contributed by atoms with Gasteiger partial charge in [0.15, 0.2) is 11.9 Å². The van der Waals surface area contributed by atoms with Gasteiger partial charge in [0.25, 0.3) is 0 Å². The number of hydrogen-bond donors (Lipinski definition) is 0. The molecule has 3 heteroatoms. The molecule has 1 aromatic rings. The fourth-order valence-electron chi connectivity index (χ4n) is 1.94. The quantitative estimate of drug-likeness (QED) is 0.850. The van der Waals surface area contributed by atoms with Crippen molar-refractivity contribution in [3.63, 3.8) is 0 Å². The summed E-state index contributed by atoms with van der Waals surface area (Å²) in [5.74, 6) is 1.44. The molecule has 1 aromatic carbocycles. The summed E-state index contributed by atoms with van der Waals surface area (Å²) < 4.78 is 6.64. The minimum absolute atomic E-state index is 0.207. The van der Waals surface area contributed by atoms with Gasteiger partial charge in [0.05, 0.1) is 4.47 Å². The lowest BCUT2D eigenvalue weighted by Crippen LogP contribution is -2.26. The number of halogens is 1. The SMILES string of the molecule is CC(C)CC(=O)C1Cc2cccc(Br)c2O1. The molecule has 0 saturated carbocycles. The molecule has 86 valence electrons. The van der Waals surface area contributed by atoms with Gasteiger partial charge in [0.2, 0.25) is 0 Å². The standard InChI is InChI=1S/C13H15BrO2/c1-8(2)6-11(15)12-7-9-4-3-5-10(14)13(9)16-12/h3-5,8,12H,6-7H2,1-2H3. The first-order valence-electron chi connectivity index (χ1n) is 5.54. The maximum atomic E-state index is 11.9. The third-order valence-electron chi connectivity index (χ3n) is 2.68. The van der Waals surface area contributed by atoms with E-state index in [1.807, 2.05) is 18.2 Å². The lowest BCUT2D eigenvalue weighted by Gasteiger charge is -2.11. The molecule has 0 spiro atoms. The molecule has 1 heterocycles. The molecule has 0 N–H and O–H groups in total. The van der Waals surface area contributed by atoms with Crippen molar-refractivity contribution in [3.8, 4) is 5.75 Å². The molecule has 0 amide bonds. The number of benzene rings is 1. The van der Waals surface area contributed by atoms with Crippen LogP contribution >= 0.6 is 15.9 Å². The van der Waals surface area contributed by atoms with E-state index in [2.05, 4.69) is 29.8 Å². The fraction of sp³-hybridized carbons (Fsp3) is 0.462. The predicted octanol–water partition coefficient (Wildman–Crippen LogP) is 3.37. The third-order valence-corrected chi connectivity index (χ3v) is 3.31. The van der Waals surface area contributed by atoms with Crippen LogP contribution in [0, 0.1) is 5.92 Å². The van der Waals surface area contributed by atoms with E-state index >= 15 is 0 Å². The van der Waals surface area contributed by atoms with Crippen LogP contribution in [0.2, 0.25) is 0 Å². The van der Waals surface area contributed by atoms with Gasteiger partial charge in [0, 0.05) is 12.8 Å². The van der Waals surface area contributed by atoms with Gasteiger partial charge < -0.3 is 4.74 Å². The number of rotatable bonds is 3. The third kappa shape index (κ3) is 2.29. The van der Waals surface area contributed by atoms with Crippen LogP contribution in [0.3, 0.4) is 0 Å². The van der Waals surface area contributed by atoms with Crippen molar-refractivity contribution in [1.82, 2.24) is 0 Å². The van der Waals surface area contributed by atoms with Crippen LogP contribution in [-0.4, -0.2) is 11.9 Å². The highest BCUT2D eigenvalue weighted by molar-refractivity contribution is 9.10. The van der Waals surface area contributed by atoms with Gasteiger partial charge in [0.1, 0.15) is 5.75 Å². The number of fused-ring (bicyclic) bond motifs is 1. The van der Waals surface area contributed by atoms with Crippen LogP contribution < -0.4 is 4.74 Å². The molecule has 0 radical (unpaired) electrons. The van der Waals surface area contributed by atoms with Crippen molar-refractivity contribution in [2.45, 2.75) is 32.8 Å². The molecule has 2 rings (SSSR count). The smallest absolute Gasteiger partial charge is 0.173 e. The van der Waals surface area contributed by atoms with Gasteiger partial charge in [-0.1, -0.05) is 26.0 Å². The first kappa shape index (κ1) is 11.6. The molecule has 1 unspecified atom stereocenters. The van der Waals surface area contributed by atoms with Gasteiger partial charge in [-0.2, -0.15) is 0 Å². The average molecular weight is 283 g/mol. The van der Waals surface area contributed by atoms with E-state index in [1.165, 1.54) is 0 Å². The molecule has 2 nitrogen and oxygen atoms in total. The van der Waals surface area contributed by atoms with E-state index in [9.17, 15) is 4.79 Å². The van der Waals surface area contributed by atoms with Gasteiger partial charge >= 0.3 is 0 Å². The highest BCUT2D eigenvalue weighted by atomic mass is 79.9. The number of hydrogen-bond acceptors (Lipinski definition) is 2. The summed E-state index contributed by atoms with van der Waals surface area (Å²) in [5, 5.41) is 0. The summed E-state index contributed by atoms with van der Waals surface area (Å²) in [6.45, 7) is 4.10. The Balaban J connectivity index is 2.11. The number of carbonyl (C=O) groups excluding carboxylic acids is 1. The van der Waals surface area contributed by atoms with E-state index in [1.54, 1.807) is 0 Å². The zero-order chi connectivity index (χ0) is 11.7. The van der Waals surface area contributed by atoms with Crippen LogP contribution in [-0.2, 0) is 11.2 Å². The number of carbonyl (C=O) groups is 1. The first-order chi connectivity index (χ1) is 7.58. The lowest BCUT2D eigenvalue weighted by atomic mass is 10.0. The zero-order valence-corrected chi connectivity index (χ0v) is 11.1. The van der Waals surface area contributed by atoms with Crippen molar-refractivity contribution >= 4 is 21.7 Å². The molecule has 1 aliphatic rings. The van der Waals surface area contributed by atoms with E-state index in [0.717, 1.165) is 15.8 Å². The molecule has 0 fully saturated rings. The largest absolute Gasteiger partial charge is 0.481 e. The highest BCUT2D eigenvalue weighted by Gasteiger charge is 2.30. The van der Waals surface area contributed by atoms with Crippen molar-refractivity contribution < 1.29 is 9.53 Å². The van der Waals surface area contributed by atoms with Crippen LogP contribution in [0.4, 0.5) is 0 Å². The Morgan fingerprint density at radius 1 is 1.56 bits per heavy atom. The highest BCUT2D eigenvalue weighted by Crippen LogP contribution is 2.36. The van der Waals surface area contributed by atoms with E-state index in [4.69, 9.17) is 4.74 Å². The summed E-state index contributed by atoms with van der Waals surface area (Å²) in [6, 6.07) is 5.93. The fourth-order valence-corrected chi connectivity index (χ4v) is 2.44. The minimum Gasteiger partial charge on any atom is -0.481 e. The van der Waals surface area contributed by atoms with Crippen LogP contribution in [0.15, 0.2) is 22.7 Å². The molecular formula is C13H15BrO2.